The average Bonchev–Trinajstić information content (AvgIpc) is 3.27. The molecule has 0 bridgehead atoms. The predicted octanol–water partition coefficient (Wildman–Crippen LogP) is 2.32. The minimum atomic E-state index is -0.255. The van der Waals surface area contributed by atoms with Crippen molar-refractivity contribution in [3.63, 3.8) is 0 Å². The lowest BCUT2D eigenvalue weighted by molar-refractivity contribution is 0.252. The standard InChI is InChI=1S/C15H19N5O2/c1-9-12(17-8-7-16-9)5-6-18-15(21)19-13-10(2)20-22-14(13)11-3-4-11/h7-8,11H,3-6H2,1-2H3,(H2,18,19,21). The van der Waals surface area contributed by atoms with E-state index in [1.807, 2.05) is 13.8 Å². The Morgan fingerprint density at radius 3 is 2.77 bits per heavy atom. The van der Waals surface area contributed by atoms with Gasteiger partial charge in [-0.05, 0) is 26.7 Å². The number of aromatic nitrogens is 3. The molecule has 2 amide bonds. The van der Waals surface area contributed by atoms with E-state index in [4.69, 9.17) is 4.52 Å². The van der Waals surface area contributed by atoms with Crippen LogP contribution in [-0.4, -0.2) is 27.7 Å². The summed E-state index contributed by atoms with van der Waals surface area (Å²) >= 11 is 0. The fourth-order valence-electron chi connectivity index (χ4n) is 2.30. The molecular weight excluding hydrogens is 282 g/mol. The van der Waals surface area contributed by atoms with Gasteiger partial charge >= 0.3 is 6.03 Å². The molecule has 1 saturated carbocycles. The molecule has 7 nitrogen and oxygen atoms in total. The van der Waals surface area contributed by atoms with Gasteiger partial charge in [-0.1, -0.05) is 5.16 Å². The highest BCUT2D eigenvalue weighted by Gasteiger charge is 2.32. The summed E-state index contributed by atoms with van der Waals surface area (Å²) in [6, 6.07) is -0.255. The van der Waals surface area contributed by atoms with Crippen molar-refractivity contribution < 1.29 is 9.32 Å². The maximum Gasteiger partial charge on any atom is 0.319 e. The minimum Gasteiger partial charge on any atom is -0.359 e. The molecule has 0 radical (unpaired) electrons. The Morgan fingerprint density at radius 1 is 1.27 bits per heavy atom. The lowest BCUT2D eigenvalue weighted by Gasteiger charge is -2.08. The van der Waals surface area contributed by atoms with E-state index in [1.54, 1.807) is 12.4 Å². The normalized spacial score (nSPS) is 13.9. The van der Waals surface area contributed by atoms with Crippen LogP contribution in [0.5, 0.6) is 0 Å². The van der Waals surface area contributed by atoms with Crippen LogP contribution in [0.3, 0.4) is 0 Å². The van der Waals surface area contributed by atoms with Crippen molar-refractivity contribution in [2.24, 2.45) is 0 Å². The molecule has 1 aliphatic carbocycles. The first-order valence-corrected chi connectivity index (χ1v) is 7.42. The second kappa shape index (κ2) is 6.13. The van der Waals surface area contributed by atoms with Gasteiger partial charge in [-0.15, -0.1) is 0 Å². The smallest absolute Gasteiger partial charge is 0.319 e. The van der Waals surface area contributed by atoms with Crippen molar-refractivity contribution in [3.05, 3.63) is 35.2 Å². The number of carbonyl (C=O) groups excluding carboxylic acids is 1. The summed E-state index contributed by atoms with van der Waals surface area (Å²) in [5, 5.41) is 9.60. The molecule has 7 heteroatoms. The van der Waals surface area contributed by atoms with Crippen LogP contribution in [0.25, 0.3) is 0 Å². The molecule has 3 rings (SSSR count). The van der Waals surface area contributed by atoms with E-state index in [1.165, 1.54) is 0 Å². The number of amides is 2. The molecule has 1 aliphatic rings. The maximum absolute atomic E-state index is 12.0. The number of nitrogens with zero attached hydrogens (tertiary/aromatic N) is 3. The van der Waals surface area contributed by atoms with Crippen molar-refractivity contribution >= 4 is 11.7 Å². The average molecular weight is 301 g/mol. The topological polar surface area (TPSA) is 92.9 Å². The zero-order chi connectivity index (χ0) is 15.5. The molecule has 1 fully saturated rings. The molecule has 116 valence electrons. The molecule has 2 heterocycles. The van der Waals surface area contributed by atoms with Crippen molar-refractivity contribution in [2.75, 3.05) is 11.9 Å². The van der Waals surface area contributed by atoms with Gasteiger partial charge in [0.25, 0.3) is 0 Å². The Hall–Kier alpha value is -2.44. The van der Waals surface area contributed by atoms with Gasteiger partial charge in [0.2, 0.25) is 0 Å². The van der Waals surface area contributed by atoms with E-state index in [-0.39, 0.29) is 6.03 Å². The van der Waals surface area contributed by atoms with Gasteiger partial charge in [0.1, 0.15) is 11.4 Å². The van der Waals surface area contributed by atoms with E-state index in [2.05, 4.69) is 25.8 Å². The highest BCUT2D eigenvalue weighted by molar-refractivity contribution is 5.90. The highest BCUT2D eigenvalue weighted by Crippen LogP contribution is 2.44. The van der Waals surface area contributed by atoms with Crippen LogP contribution in [0.2, 0.25) is 0 Å². The molecule has 2 N–H and O–H groups in total. The van der Waals surface area contributed by atoms with Crippen LogP contribution in [-0.2, 0) is 6.42 Å². The summed E-state index contributed by atoms with van der Waals surface area (Å²) in [4.78, 5) is 20.4. The van der Waals surface area contributed by atoms with Crippen molar-refractivity contribution in [2.45, 2.75) is 39.0 Å². The fourth-order valence-corrected chi connectivity index (χ4v) is 2.30. The number of carbonyl (C=O) groups is 1. The van der Waals surface area contributed by atoms with Crippen LogP contribution in [0.1, 0.15) is 41.6 Å². The third kappa shape index (κ3) is 3.24. The Labute approximate surface area is 128 Å². The van der Waals surface area contributed by atoms with Gasteiger partial charge in [-0.25, -0.2) is 4.79 Å². The van der Waals surface area contributed by atoms with Crippen molar-refractivity contribution in [3.8, 4) is 0 Å². The first-order chi connectivity index (χ1) is 10.6. The molecule has 22 heavy (non-hydrogen) atoms. The molecule has 0 unspecified atom stereocenters. The van der Waals surface area contributed by atoms with Gasteiger partial charge < -0.3 is 15.2 Å². The number of hydrogen-bond donors (Lipinski definition) is 2. The summed E-state index contributed by atoms with van der Waals surface area (Å²) in [7, 11) is 0. The van der Waals surface area contributed by atoms with E-state index < -0.39 is 0 Å². The molecule has 2 aromatic heterocycles. The summed E-state index contributed by atoms with van der Waals surface area (Å²) in [5.41, 5.74) is 3.19. The summed E-state index contributed by atoms with van der Waals surface area (Å²) < 4.78 is 5.30. The summed E-state index contributed by atoms with van der Waals surface area (Å²) in [5.74, 6) is 1.19. The number of aryl methyl sites for hydroxylation is 2. The monoisotopic (exact) mass is 301 g/mol. The Bertz CT molecular complexity index is 678. The predicted molar refractivity (Wildman–Crippen MR) is 80.7 cm³/mol. The number of rotatable bonds is 5. The Balaban J connectivity index is 1.53. The Kier molecular flexibility index (Phi) is 4.04. The molecule has 2 aromatic rings. The number of anilines is 1. The van der Waals surface area contributed by atoms with Crippen molar-refractivity contribution in [1.29, 1.82) is 0 Å². The molecule has 0 aromatic carbocycles. The zero-order valence-corrected chi connectivity index (χ0v) is 12.7. The maximum atomic E-state index is 12.0. The number of nitrogens with one attached hydrogen (secondary N) is 2. The zero-order valence-electron chi connectivity index (χ0n) is 12.7. The Morgan fingerprint density at radius 2 is 2.05 bits per heavy atom. The van der Waals surface area contributed by atoms with E-state index >= 15 is 0 Å². The van der Waals surface area contributed by atoms with Gasteiger partial charge in [-0.2, -0.15) is 0 Å². The van der Waals surface area contributed by atoms with Gasteiger partial charge in [-0.3, -0.25) is 9.97 Å². The highest BCUT2D eigenvalue weighted by atomic mass is 16.5. The molecule has 0 atom stereocenters. The first kappa shape index (κ1) is 14.5. The minimum absolute atomic E-state index is 0.255. The quantitative estimate of drug-likeness (QED) is 0.884. The summed E-state index contributed by atoms with van der Waals surface area (Å²) in [6.45, 7) is 4.23. The second-order valence-corrected chi connectivity index (χ2v) is 5.50. The lowest BCUT2D eigenvalue weighted by atomic mass is 10.2. The van der Waals surface area contributed by atoms with Crippen LogP contribution >= 0.6 is 0 Å². The van der Waals surface area contributed by atoms with E-state index in [0.29, 0.717) is 30.3 Å². The van der Waals surface area contributed by atoms with Crippen LogP contribution in [0, 0.1) is 13.8 Å². The van der Waals surface area contributed by atoms with Gasteiger partial charge in [0, 0.05) is 31.3 Å². The largest absolute Gasteiger partial charge is 0.359 e. The van der Waals surface area contributed by atoms with E-state index in [9.17, 15) is 4.79 Å². The number of hydrogen-bond acceptors (Lipinski definition) is 5. The summed E-state index contributed by atoms with van der Waals surface area (Å²) in [6.07, 6.45) is 6.15. The SMILES string of the molecule is Cc1nccnc1CCNC(=O)Nc1c(C)noc1C1CC1. The number of urea groups is 1. The molecule has 0 aliphatic heterocycles. The molecular formula is C15H19N5O2. The molecule has 0 spiro atoms. The van der Waals surface area contributed by atoms with Crippen LogP contribution in [0.4, 0.5) is 10.5 Å². The lowest BCUT2D eigenvalue weighted by Crippen LogP contribution is -2.31. The van der Waals surface area contributed by atoms with Gasteiger partial charge in [0.15, 0.2) is 5.76 Å². The van der Waals surface area contributed by atoms with Crippen molar-refractivity contribution in [1.82, 2.24) is 20.4 Å². The third-order valence-corrected chi connectivity index (χ3v) is 3.71. The van der Waals surface area contributed by atoms with Crippen LogP contribution in [0.15, 0.2) is 16.9 Å². The van der Waals surface area contributed by atoms with E-state index in [0.717, 1.165) is 30.0 Å². The molecule has 0 saturated heterocycles. The fraction of sp³-hybridized carbons (Fsp3) is 0.467. The third-order valence-electron chi connectivity index (χ3n) is 3.71. The first-order valence-electron chi connectivity index (χ1n) is 7.42. The second-order valence-electron chi connectivity index (χ2n) is 5.50. The van der Waals surface area contributed by atoms with Gasteiger partial charge in [0.05, 0.1) is 11.4 Å². The van der Waals surface area contributed by atoms with Crippen LogP contribution < -0.4 is 10.6 Å².